The molecule has 1 aliphatic rings. The lowest BCUT2D eigenvalue weighted by molar-refractivity contribution is 0.384. The molecule has 0 amide bonds. The number of ether oxygens (including phenoxy) is 1. The first-order chi connectivity index (χ1) is 6.93. The highest BCUT2D eigenvalue weighted by molar-refractivity contribution is 7.13. The molecule has 14 heavy (non-hydrogen) atoms. The number of epoxide rings is 1. The molecule has 0 N–H and O–H groups in total. The number of aromatic nitrogens is 2. The van der Waals surface area contributed by atoms with Crippen LogP contribution in [0.4, 0.5) is 0 Å². The number of hydrogen-bond acceptors (Lipinski definition) is 3. The maximum Gasteiger partial charge on any atom is 0.150 e. The van der Waals surface area contributed by atoms with Crippen LogP contribution in [0.15, 0.2) is 29.9 Å². The topological polar surface area (TPSA) is 30.4 Å². The molecule has 0 aromatic carbocycles. The summed E-state index contributed by atoms with van der Waals surface area (Å²) in [6, 6.07) is 4.14. The lowest BCUT2D eigenvalue weighted by Crippen LogP contribution is -2.03. The quantitative estimate of drug-likeness (QED) is 0.719. The summed E-state index contributed by atoms with van der Waals surface area (Å²) in [7, 11) is 0. The monoisotopic (exact) mass is 206 g/mol. The van der Waals surface area contributed by atoms with Gasteiger partial charge in [0.15, 0.2) is 0 Å². The maximum atomic E-state index is 5.21. The molecule has 4 heteroatoms. The SMILES string of the molecule is c1csc(-c2nccn2C[C@H]2CO2)c1. The van der Waals surface area contributed by atoms with Gasteiger partial charge in [0.05, 0.1) is 24.1 Å². The molecule has 1 saturated heterocycles. The molecule has 1 fully saturated rings. The van der Waals surface area contributed by atoms with Crippen LogP contribution in [0, 0.1) is 0 Å². The van der Waals surface area contributed by atoms with Crippen LogP contribution in [0.2, 0.25) is 0 Å². The Morgan fingerprint density at radius 3 is 3.29 bits per heavy atom. The molecule has 72 valence electrons. The lowest BCUT2D eigenvalue weighted by Gasteiger charge is -2.02. The highest BCUT2D eigenvalue weighted by Crippen LogP contribution is 2.24. The smallest absolute Gasteiger partial charge is 0.150 e. The third-order valence-electron chi connectivity index (χ3n) is 2.26. The molecular formula is C10H10N2OS. The molecule has 1 aliphatic heterocycles. The van der Waals surface area contributed by atoms with Crippen molar-refractivity contribution in [2.45, 2.75) is 12.6 Å². The van der Waals surface area contributed by atoms with E-state index in [0.29, 0.717) is 6.10 Å². The highest BCUT2D eigenvalue weighted by atomic mass is 32.1. The Balaban J connectivity index is 1.92. The van der Waals surface area contributed by atoms with E-state index in [4.69, 9.17) is 4.74 Å². The van der Waals surface area contributed by atoms with E-state index in [2.05, 4.69) is 21.0 Å². The molecule has 0 saturated carbocycles. The molecule has 0 unspecified atom stereocenters. The van der Waals surface area contributed by atoms with Gasteiger partial charge in [-0.15, -0.1) is 11.3 Å². The summed E-state index contributed by atoms with van der Waals surface area (Å²) in [5.41, 5.74) is 0. The van der Waals surface area contributed by atoms with Crippen LogP contribution in [0.25, 0.3) is 10.7 Å². The van der Waals surface area contributed by atoms with E-state index in [0.717, 1.165) is 19.0 Å². The van der Waals surface area contributed by atoms with Crippen LogP contribution in [-0.2, 0) is 11.3 Å². The fourth-order valence-corrected chi connectivity index (χ4v) is 2.22. The summed E-state index contributed by atoms with van der Waals surface area (Å²) < 4.78 is 7.37. The largest absolute Gasteiger partial charge is 0.371 e. The second-order valence-electron chi connectivity index (χ2n) is 3.34. The zero-order chi connectivity index (χ0) is 9.38. The van der Waals surface area contributed by atoms with Gasteiger partial charge in [0.25, 0.3) is 0 Å². The number of hydrogen-bond donors (Lipinski definition) is 0. The Labute approximate surface area is 86.0 Å². The van der Waals surface area contributed by atoms with E-state index in [-0.39, 0.29) is 0 Å². The fourth-order valence-electron chi connectivity index (χ4n) is 1.48. The Morgan fingerprint density at radius 1 is 1.64 bits per heavy atom. The summed E-state index contributed by atoms with van der Waals surface area (Å²) in [6.07, 6.45) is 4.26. The van der Waals surface area contributed by atoms with Crippen molar-refractivity contribution in [2.75, 3.05) is 6.61 Å². The Bertz CT molecular complexity index is 417. The normalized spacial score (nSPS) is 19.9. The number of imidazole rings is 1. The standard InChI is InChI=1S/C10H10N2OS/c1-2-9(14-5-1)10-11-3-4-12(10)6-8-7-13-8/h1-5,8H,6-7H2/t8-/m0/s1. The zero-order valence-electron chi connectivity index (χ0n) is 7.59. The van der Waals surface area contributed by atoms with Crippen molar-refractivity contribution in [3.8, 4) is 10.7 Å². The van der Waals surface area contributed by atoms with E-state index in [1.807, 2.05) is 18.5 Å². The maximum absolute atomic E-state index is 5.21. The van der Waals surface area contributed by atoms with Crippen molar-refractivity contribution in [3.05, 3.63) is 29.9 Å². The molecule has 3 nitrogen and oxygen atoms in total. The predicted molar refractivity (Wildman–Crippen MR) is 55.3 cm³/mol. The van der Waals surface area contributed by atoms with Crippen LogP contribution in [0.3, 0.4) is 0 Å². The van der Waals surface area contributed by atoms with Crippen molar-refractivity contribution < 1.29 is 4.74 Å². The van der Waals surface area contributed by atoms with Gasteiger partial charge in [-0.2, -0.15) is 0 Å². The van der Waals surface area contributed by atoms with E-state index < -0.39 is 0 Å². The van der Waals surface area contributed by atoms with Gasteiger partial charge in [0.2, 0.25) is 0 Å². The first-order valence-electron chi connectivity index (χ1n) is 4.60. The molecule has 0 aliphatic carbocycles. The molecule has 3 rings (SSSR count). The highest BCUT2D eigenvalue weighted by Gasteiger charge is 2.23. The molecule has 3 heterocycles. The van der Waals surface area contributed by atoms with Gasteiger partial charge < -0.3 is 9.30 Å². The summed E-state index contributed by atoms with van der Waals surface area (Å²) in [5.74, 6) is 1.05. The molecule has 0 spiro atoms. The minimum Gasteiger partial charge on any atom is -0.371 e. The Hall–Kier alpha value is -1.13. The van der Waals surface area contributed by atoms with Crippen LogP contribution >= 0.6 is 11.3 Å². The first-order valence-corrected chi connectivity index (χ1v) is 5.48. The second-order valence-corrected chi connectivity index (χ2v) is 4.28. The Morgan fingerprint density at radius 2 is 2.57 bits per heavy atom. The third-order valence-corrected chi connectivity index (χ3v) is 3.13. The molecular weight excluding hydrogens is 196 g/mol. The number of rotatable bonds is 3. The average molecular weight is 206 g/mol. The van der Waals surface area contributed by atoms with Crippen LogP contribution < -0.4 is 0 Å². The van der Waals surface area contributed by atoms with Gasteiger partial charge in [-0.25, -0.2) is 4.98 Å². The zero-order valence-corrected chi connectivity index (χ0v) is 8.41. The number of nitrogens with zero attached hydrogens (tertiary/aromatic N) is 2. The van der Waals surface area contributed by atoms with E-state index in [1.54, 1.807) is 11.3 Å². The van der Waals surface area contributed by atoms with Crippen LogP contribution in [-0.4, -0.2) is 22.3 Å². The van der Waals surface area contributed by atoms with Gasteiger partial charge in [-0.05, 0) is 11.4 Å². The summed E-state index contributed by atoms with van der Waals surface area (Å²) in [5, 5.41) is 2.07. The molecule has 2 aromatic heterocycles. The van der Waals surface area contributed by atoms with Crippen LogP contribution in [0.1, 0.15) is 0 Å². The molecule has 1 atom stereocenters. The van der Waals surface area contributed by atoms with Gasteiger partial charge in [-0.1, -0.05) is 6.07 Å². The molecule has 0 radical (unpaired) electrons. The van der Waals surface area contributed by atoms with E-state index in [9.17, 15) is 0 Å². The second kappa shape index (κ2) is 3.22. The molecule has 0 bridgehead atoms. The fraction of sp³-hybridized carbons (Fsp3) is 0.300. The first kappa shape index (κ1) is 8.20. The van der Waals surface area contributed by atoms with Gasteiger partial charge in [-0.3, -0.25) is 0 Å². The van der Waals surface area contributed by atoms with Crippen molar-refractivity contribution in [3.63, 3.8) is 0 Å². The van der Waals surface area contributed by atoms with Crippen molar-refractivity contribution in [1.29, 1.82) is 0 Å². The third kappa shape index (κ3) is 1.47. The van der Waals surface area contributed by atoms with Crippen molar-refractivity contribution in [1.82, 2.24) is 9.55 Å². The van der Waals surface area contributed by atoms with Gasteiger partial charge in [0, 0.05) is 12.4 Å². The van der Waals surface area contributed by atoms with Gasteiger partial charge >= 0.3 is 0 Å². The lowest BCUT2D eigenvalue weighted by atomic mass is 10.4. The summed E-state index contributed by atoms with van der Waals surface area (Å²) >= 11 is 1.72. The number of thiophene rings is 1. The average Bonchev–Trinajstić information content (AvgIpc) is 2.68. The van der Waals surface area contributed by atoms with Crippen molar-refractivity contribution >= 4 is 11.3 Å². The van der Waals surface area contributed by atoms with Crippen LogP contribution in [0.5, 0.6) is 0 Å². The summed E-state index contributed by atoms with van der Waals surface area (Å²) in [6.45, 7) is 1.81. The summed E-state index contributed by atoms with van der Waals surface area (Å²) in [4.78, 5) is 5.58. The minimum absolute atomic E-state index is 0.405. The van der Waals surface area contributed by atoms with E-state index >= 15 is 0 Å². The van der Waals surface area contributed by atoms with Crippen molar-refractivity contribution in [2.24, 2.45) is 0 Å². The predicted octanol–water partition coefficient (Wildman–Crippen LogP) is 2.01. The van der Waals surface area contributed by atoms with Gasteiger partial charge in [0.1, 0.15) is 5.82 Å². The van der Waals surface area contributed by atoms with E-state index in [1.165, 1.54) is 4.88 Å². The molecule has 2 aromatic rings. The Kier molecular flexibility index (Phi) is 1.89. The minimum atomic E-state index is 0.405.